The average Bonchev–Trinajstić information content (AvgIpc) is 2.53. The molecule has 2 atom stereocenters. The minimum atomic E-state index is -3.63. The quantitative estimate of drug-likeness (QED) is 0.769. The van der Waals surface area contributed by atoms with Gasteiger partial charge in [0.25, 0.3) is 5.91 Å². The van der Waals surface area contributed by atoms with E-state index in [1.54, 1.807) is 26.8 Å². The standard InChI is InChI=1S/C18H30N2O4S/c1-8-18(5,14(4)21)11-19-17(22)15-9-12(2)13(3)16(10-15)25(23,24)20(6)7/h9-10,14,21H,8,11H2,1-7H3,(H,19,22)/t14-,18-/m0/s1. The summed E-state index contributed by atoms with van der Waals surface area (Å²) >= 11 is 0. The fourth-order valence-electron chi connectivity index (χ4n) is 2.38. The predicted molar refractivity (Wildman–Crippen MR) is 99.2 cm³/mol. The molecule has 1 rings (SSSR count). The molecule has 142 valence electrons. The summed E-state index contributed by atoms with van der Waals surface area (Å²) in [5.41, 5.74) is 1.23. The predicted octanol–water partition coefficient (Wildman–Crippen LogP) is 2.08. The number of carbonyl (C=O) groups is 1. The molecule has 7 heteroatoms. The number of carbonyl (C=O) groups excluding carboxylic acids is 1. The van der Waals surface area contributed by atoms with E-state index in [2.05, 4.69) is 5.32 Å². The van der Waals surface area contributed by atoms with Gasteiger partial charge in [-0.15, -0.1) is 0 Å². The monoisotopic (exact) mass is 370 g/mol. The molecule has 2 N–H and O–H groups in total. The van der Waals surface area contributed by atoms with Crippen molar-refractivity contribution in [2.24, 2.45) is 5.41 Å². The van der Waals surface area contributed by atoms with Gasteiger partial charge >= 0.3 is 0 Å². The Kier molecular flexibility index (Phi) is 6.78. The highest BCUT2D eigenvalue weighted by molar-refractivity contribution is 7.89. The number of sulfonamides is 1. The fourth-order valence-corrected chi connectivity index (χ4v) is 3.59. The molecule has 0 fully saturated rings. The van der Waals surface area contributed by atoms with Gasteiger partial charge in [0.15, 0.2) is 0 Å². The van der Waals surface area contributed by atoms with Crippen LogP contribution in [0.2, 0.25) is 0 Å². The van der Waals surface area contributed by atoms with Crippen LogP contribution in [0, 0.1) is 19.3 Å². The maximum Gasteiger partial charge on any atom is 0.251 e. The molecule has 0 heterocycles. The zero-order valence-electron chi connectivity index (χ0n) is 16.2. The summed E-state index contributed by atoms with van der Waals surface area (Å²) in [5, 5.41) is 12.7. The van der Waals surface area contributed by atoms with Crippen LogP contribution in [0.5, 0.6) is 0 Å². The van der Waals surface area contributed by atoms with Gasteiger partial charge in [0.05, 0.1) is 11.0 Å². The SMILES string of the molecule is CC[C@@](C)(CNC(=O)c1cc(C)c(C)c(S(=O)(=O)N(C)C)c1)[C@H](C)O. The van der Waals surface area contributed by atoms with E-state index >= 15 is 0 Å². The molecular formula is C18H30N2O4S. The smallest absolute Gasteiger partial charge is 0.251 e. The van der Waals surface area contributed by atoms with Crippen molar-refractivity contribution in [2.75, 3.05) is 20.6 Å². The Morgan fingerprint density at radius 1 is 1.32 bits per heavy atom. The average molecular weight is 371 g/mol. The number of hydrogen-bond acceptors (Lipinski definition) is 4. The second kappa shape index (κ2) is 7.85. The van der Waals surface area contributed by atoms with Crippen LogP contribution >= 0.6 is 0 Å². The van der Waals surface area contributed by atoms with Crippen LogP contribution < -0.4 is 5.32 Å². The van der Waals surface area contributed by atoms with Gasteiger partial charge in [0, 0.05) is 31.6 Å². The Hall–Kier alpha value is -1.44. The van der Waals surface area contributed by atoms with Gasteiger partial charge in [0.1, 0.15) is 0 Å². The molecule has 25 heavy (non-hydrogen) atoms. The van der Waals surface area contributed by atoms with Crippen LogP contribution in [0.25, 0.3) is 0 Å². The molecule has 0 saturated heterocycles. The van der Waals surface area contributed by atoms with E-state index in [0.717, 1.165) is 9.87 Å². The van der Waals surface area contributed by atoms with Gasteiger partial charge in [-0.1, -0.05) is 13.8 Å². The van der Waals surface area contributed by atoms with Gasteiger partial charge < -0.3 is 10.4 Å². The van der Waals surface area contributed by atoms with Crippen LogP contribution in [0.1, 0.15) is 48.7 Å². The van der Waals surface area contributed by atoms with Gasteiger partial charge in [0.2, 0.25) is 10.0 Å². The molecule has 6 nitrogen and oxygen atoms in total. The molecule has 0 unspecified atom stereocenters. The topological polar surface area (TPSA) is 86.7 Å². The molecule has 0 radical (unpaired) electrons. The maximum absolute atomic E-state index is 12.5. The number of hydrogen-bond donors (Lipinski definition) is 2. The molecule has 0 saturated carbocycles. The fraction of sp³-hybridized carbons (Fsp3) is 0.611. The first-order valence-corrected chi connectivity index (χ1v) is 9.81. The summed E-state index contributed by atoms with van der Waals surface area (Å²) in [6.45, 7) is 9.38. The van der Waals surface area contributed by atoms with Crippen LogP contribution in [0.3, 0.4) is 0 Å². The van der Waals surface area contributed by atoms with E-state index in [0.29, 0.717) is 24.1 Å². The Balaban J connectivity index is 3.19. The highest BCUT2D eigenvalue weighted by Gasteiger charge is 2.29. The molecule has 0 aromatic heterocycles. The van der Waals surface area contributed by atoms with Gasteiger partial charge in [-0.25, -0.2) is 12.7 Å². The minimum absolute atomic E-state index is 0.136. The molecule has 0 aliphatic heterocycles. The lowest BCUT2D eigenvalue weighted by Crippen LogP contribution is -2.42. The van der Waals surface area contributed by atoms with Crippen molar-refractivity contribution in [1.82, 2.24) is 9.62 Å². The number of aliphatic hydroxyl groups is 1. The summed E-state index contributed by atoms with van der Waals surface area (Å²) in [6, 6.07) is 3.10. The summed E-state index contributed by atoms with van der Waals surface area (Å²) in [5.74, 6) is -0.348. The van der Waals surface area contributed by atoms with Crippen molar-refractivity contribution in [2.45, 2.75) is 52.0 Å². The van der Waals surface area contributed by atoms with Crippen molar-refractivity contribution in [3.8, 4) is 0 Å². The third-order valence-corrected chi connectivity index (χ3v) is 7.05. The minimum Gasteiger partial charge on any atom is -0.393 e. The van der Waals surface area contributed by atoms with E-state index in [-0.39, 0.29) is 10.8 Å². The van der Waals surface area contributed by atoms with Crippen molar-refractivity contribution >= 4 is 15.9 Å². The maximum atomic E-state index is 12.5. The highest BCUT2D eigenvalue weighted by Crippen LogP contribution is 2.26. The van der Waals surface area contributed by atoms with Gasteiger partial charge in [-0.2, -0.15) is 0 Å². The third-order valence-electron chi connectivity index (χ3n) is 5.11. The number of nitrogens with one attached hydrogen (secondary N) is 1. The third kappa shape index (κ3) is 4.59. The first-order valence-electron chi connectivity index (χ1n) is 8.37. The van der Waals surface area contributed by atoms with Crippen molar-refractivity contribution in [3.63, 3.8) is 0 Å². The normalized spacial score (nSPS) is 15.7. The lowest BCUT2D eigenvalue weighted by atomic mass is 9.82. The van der Waals surface area contributed by atoms with E-state index in [1.165, 1.54) is 20.2 Å². The van der Waals surface area contributed by atoms with E-state index in [9.17, 15) is 18.3 Å². The van der Waals surface area contributed by atoms with Crippen molar-refractivity contribution in [1.29, 1.82) is 0 Å². The zero-order valence-corrected chi connectivity index (χ0v) is 17.0. The van der Waals surface area contributed by atoms with Gasteiger partial charge in [-0.05, 0) is 50.5 Å². The number of rotatable bonds is 7. The van der Waals surface area contributed by atoms with Crippen LogP contribution in [-0.4, -0.2) is 50.5 Å². The van der Waals surface area contributed by atoms with Crippen LogP contribution in [0.4, 0.5) is 0 Å². The second-order valence-electron chi connectivity index (χ2n) is 7.07. The van der Waals surface area contributed by atoms with E-state index < -0.39 is 21.5 Å². The zero-order chi connectivity index (χ0) is 19.6. The molecular weight excluding hydrogens is 340 g/mol. The van der Waals surface area contributed by atoms with Crippen molar-refractivity contribution < 1.29 is 18.3 Å². The molecule has 1 amide bonds. The van der Waals surface area contributed by atoms with Crippen LogP contribution in [-0.2, 0) is 10.0 Å². The molecule has 0 bridgehead atoms. The lowest BCUT2D eigenvalue weighted by molar-refractivity contribution is 0.0473. The summed E-state index contributed by atoms with van der Waals surface area (Å²) in [7, 11) is -0.705. The van der Waals surface area contributed by atoms with E-state index in [1.807, 2.05) is 13.8 Å². The Morgan fingerprint density at radius 2 is 1.88 bits per heavy atom. The summed E-state index contributed by atoms with van der Waals surface area (Å²) < 4.78 is 26.1. The number of aryl methyl sites for hydroxylation is 1. The van der Waals surface area contributed by atoms with Gasteiger partial charge in [-0.3, -0.25) is 4.79 Å². The molecule has 0 spiro atoms. The number of nitrogens with zero attached hydrogens (tertiary/aromatic N) is 1. The molecule has 0 aliphatic rings. The lowest BCUT2D eigenvalue weighted by Gasteiger charge is -2.31. The highest BCUT2D eigenvalue weighted by atomic mass is 32.2. The van der Waals surface area contributed by atoms with Crippen molar-refractivity contribution in [3.05, 3.63) is 28.8 Å². The molecule has 1 aromatic rings. The second-order valence-corrected chi connectivity index (χ2v) is 9.19. The first-order chi connectivity index (χ1) is 11.4. The Labute approximate surface area is 151 Å². The Bertz CT molecular complexity index is 742. The Morgan fingerprint density at radius 3 is 2.32 bits per heavy atom. The van der Waals surface area contributed by atoms with Crippen LogP contribution in [0.15, 0.2) is 17.0 Å². The summed E-state index contributed by atoms with van der Waals surface area (Å²) in [6.07, 6.45) is 0.139. The van der Waals surface area contributed by atoms with E-state index in [4.69, 9.17) is 0 Å². The largest absolute Gasteiger partial charge is 0.393 e. The summed E-state index contributed by atoms with van der Waals surface area (Å²) in [4.78, 5) is 12.7. The molecule has 0 aliphatic carbocycles. The molecule has 1 aromatic carbocycles. The number of amides is 1. The number of benzene rings is 1. The number of aliphatic hydroxyl groups excluding tert-OH is 1. The first kappa shape index (κ1) is 21.6.